The van der Waals surface area contributed by atoms with E-state index >= 15 is 0 Å². The number of likely N-dealkylation sites (tertiary alicyclic amines) is 1. The summed E-state index contributed by atoms with van der Waals surface area (Å²) in [7, 11) is 3.79. The van der Waals surface area contributed by atoms with E-state index in [1.165, 1.54) is 6.42 Å². The molecule has 7 nitrogen and oxygen atoms in total. The second-order valence-electron chi connectivity index (χ2n) is 6.87. The molecule has 7 heteroatoms. The monoisotopic (exact) mass is 357 g/mol. The average Bonchev–Trinajstić information content (AvgIpc) is 3.30. The number of ether oxygens (including phenoxy) is 1. The van der Waals surface area contributed by atoms with E-state index in [0.717, 1.165) is 30.8 Å². The van der Waals surface area contributed by atoms with Crippen molar-refractivity contribution >= 4 is 5.91 Å². The maximum atomic E-state index is 12.4. The molecule has 1 N–H and O–H groups in total. The van der Waals surface area contributed by atoms with Gasteiger partial charge in [0, 0.05) is 19.2 Å². The number of carbonyl (C=O) groups excluding carboxylic acids is 1. The fourth-order valence-electron chi connectivity index (χ4n) is 3.24. The molecule has 26 heavy (non-hydrogen) atoms. The second kappa shape index (κ2) is 8.42. The summed E-state index contributed by atoms with van der Waals surface area (Å²) in [6, 6.07) is 7.77. The molecule has 1 fully saturated rings. The smallest absolute Gasteiger partial charge is 0.251 e. The van der Waals surface area contributed by atoms with Crippen molar-refractivity contribution in [1.29, 1.82) is 0 Å². The molecular formula is C19H27N5O2. The molecule has 0 radical (unpaired) electrons. The zero-order chi connectivity index (χ0) is 18.5. The van der Waals surface area contributed by atoms with Gasteiger partial charge in [-0.3, -0.25) is 9.69 Å². The first-order chi connectivity index (χ1) is 12.6. The number of nitrogens with one attached hydrogen (secondary N) is 1. The molecule has 1 aromatic heterocycles. The Balaban J connectivity index is 1.67. The third-order valence-electron chi connectivity index (χ3n) is 4.98. The van der Waals surface area contributed by atoms with Crippen molar-refractivity contribution in [2.75, 3.05) is 27.2 Å². The maximum Gasteiger partial charge on any atom is 0.251 e. The summed E-state index contributed by atoms with van der Waals surface area (Å²) < 4.78 is 6.93. The van der Waals surface area contributed by atoms with Crippen molar-refractivity contribution in [2.45, 2.75) is 38.3 Å². The van der Waals surface area contributed by atoms with Crippen LogP contribution in [0.4, 0.5) is 0 Å². The molecule has 1 aliphatic heterocycles. The van der Waals surface area contributed by atoms with Gasteiger partial charge in [0.2, 0.25) is 0 Å². The number of rotatable bonds is 7. The lowest BCUT2D eigenvalue weighted by atomic mass is 10.1. The van der Waals surface area contributed by atoms with Crippen LogP contribution in [0.5, 0.6) is 0 Å². The Morgan fingerprint density at radius 2 is 2.31 bits per heavy atom. The Morgan fingerprint density at radius 3 is 3.04 bits per heavy atom. The van der Waals surface area contributed by atoms with Crippen molar-refractivity contribution in [1.82, 2.24) is 25.2 Å². The van der Waals surface area contributed by atoms with Crippen LogP contribution in [0, 0.1) is 0 Å². The fraction of sp³-hybridized carbons (Fsp3) is 0.526. The van der Waals surface area contributed by atoms with Crippen LogP contribution in [0.15, 0.2) is 30.5 Å². The normalized spacial score (nSPS) is 18.8. The molecule has 2 unspecified atom stereocenters. The molecule has 0 aliphatic carbocycles. The summed E-state index contributed by atoms with van der Waals surface area (Å²) in [6.07, 6.45) is 5.17. The Morgan fingerprint density at radius 1 is 1.46 bits per heavy atom. The van der Waals surface area contributed by atoms with Gasteiger partial charge in [-0.2, -0.15) is 0 Å². The van der Waals surface area contributed by atoms with E-state index < -0.39 is 0 Å². The standard InChI is InChI=1S/C19H27N5O2/c1-14(26-3)9-10-20-19(25)15-6-4-7-16(12-15)24-13-17(21-22-24)18-8-5-11-23(18)2/h4,6-7,12-14,18H,5,8-11H2,1-3H3,(H,20,25). The fourth-order valence-corrected chi connectivity index (χ4v) is 3.24. The first-order valence-electron chi connectivity index (χ1n) is 9.12. The van der Waals surface area contributed by atoms with Crippen molar-refractivity contribution in [2.24, 2.45) is 0 Å². The molecule has 1 aromatic carbocycles. The van der Waals surface area contributed by atoms with Gasteiger partial charge >= 0.3 is 0 Å². The van der Waals surface area contributed by atoms with Crippen LogP contribution in [-0.4, -0.2) is 59.2 Å². The molecule has 1 saturated heterocycles. The van der Waals surface area contributed by atoms with Gasteiger partial charge in [0.15, 0.2) is 0 Å². The number of benzene rings is 1. The van der Waals surface area contributed by atoms with Gasteiger partial charge in [-0.1, -0.05) is 11.3 Å². The Kier molecular flexibility index (Phi) is 6.00. The van der Waals surface area contributed by atoms with Gasteiger partial charge in [-0.15, -0.1) is 5.10 Å². The van der Waals surface area contributed by atoms with Gasteiger partial charge < -0.3 is 10.1 Å². The van der Waals surface area contributed by atoms with Gasteiger partial charge in [0.05, 0.1) is 24.0 Å². The molecule has 2 aromatic rings. The highest BCUT2D eigenvalue weighted by Gasteiger charge is 2.25. The highest BCUT2D eigenvalue weighted by molar-refractivity contribution is 5.94. The number of hydrogen-bond donors (Lipinski definition) is 1. The van der Waals surface area contributed by atoms with Gasteiger partial charge in [-0.25, -0.2) is 4.68 Å². The van der Waals surface area contributed by atoms with E-state index in [1.807, 2.05) is 31.3 Å². The van der Waals surface area contributed by atoms with Crippen LogP contribution >= 0.6 is 0 Å². The zero-order valence-corrected chi connectivity index (χ0v) is 15.7. The third kappa shape index (κ3) is 4.28. The summed E-state index contributed by atoms with van der Waals surface area (Å²) in [5.74, 6) is -0.0916. The molecule has 140 valence electrons. The van der Waals surface area contributed by atoms with E-state index in [1.54, 1.807) is 17.9 Å². The van der Waals surface area contributed by atoms with Crippen molar-refractivity contribution in [3.05, 3.63) is 41.7 Å². The summed E-state index contributed by atoms with van der Waals surface area (Å²) in [5.41, 5.74) is 2.43. The number of amides is 1. The molecule has 0 spiro atoms. The SMILES string of the molecule is COC(C)CCNC(=O)c1cccc(-n2cc(C3CCCN3C)nn2)c1. The lowest BCUT2D eigenvalue weighted by molar-refractivity contribution is 0.0918. The number of carbonyl (C=O) groups is 1. The minimum absolute atomic E-state index is 0.0916. The molecule has 0 bridgehead atoms. The van der Waals surface area contributed by atoms with E-state index in [2.05, 4.69) is 27.6 Å². The highest BCUT2D eigenvalue weighted by atomic mass is 16.5. The van der Waals surface area contributed by atoms with E-state index in [-0.39, 0.29) is 12.0 Å². The van der Waals surface area contributed by atoms with E-state index in [0.29, 0.717) is 18.2 Å². The average molecular weight is 357 g/mol. The Bertz CT molecular complexity index is 745. The van der Waals surface area contributed by atoms with Crippen LogP contribution < -0.4 is 5.32 Å². The zero-order valence-electron chi connectivity index (χ0n) is 15.7. The van der Waals surface area contributed by atoms with Gasteiger partial charge in [0.25, 0.3) is 5.91 Å². The molecule has 1 aliphatic rings. The molecule has 2 heterocycles. The van der Waals surface area contributed by atoms with E-state index in [9.17, 15) is 4.79 Å². The van der Waals surface area contributed by atoms with Crippen LogP contribution in [0.3, 0.4) is 0 Å². The quantitative estimate of drug-likeness (QED) is 0.822. The lowest BCUT2D eigenvalue weighted by Crippen LogP contribution is -2.27. The number of aromatic nitrogens is 3. The van der Waals surface area contributed by atoms with Crippen molar-refractivity contribution < 1.29 is 9.53 Å². The van der Waals surface area contributed by atoms with Gasteiger partial charge in [0.1, 0.15) is 5.69 Å². The largest absolute Gasteiger partial charge is 0.382 e. The summed E-state index contributed by atoms with van der Waals surface area (Å²) >= 11 is 0. The molecule has 3 rings (SSSR count). The summed E-state index contributed by atoms with van der Waals surface area (Å²) in [4.78, 5) is 14.7. The number of methoxy groups -OCH3 is 1. The van der Waals surface area contributed by atoms with Crippen molar-refractivity contribution in [3.63, 3.8) is 0 Å². The van der Waals surface area contributed by atoms with Crippen LogP contribution in [0.2, 0.25) is 0 Å². The second-order valence-corrected chi connectivity index (χ2v) is 6.87. The minimum Gasteiger partial charge on any atom is -0.382 e. The minimum atomic E-state index is -0.0916. The summed E-state index contributed by atoms with van der Waals surface area (Å²) in [5, 5.41) is 11.5. The first kappa shape index (κ1) is 18.5. The molecule has 0 saturated carbocycles. The van der Waals surface area contributed by atoms with Crippen molar-refractivity contribution in [3.8, 4) is 5.69 Å². The lowest BCUT2D eigenvalue weighted by Gasteiger charge is -2.15. The van der Waals surface area contributed by atoms with E-state index in [4.69, 9.17) is 4.74 Å². The Labute approximate surface area is 154 Å². The Hall–Kier alpha value is -2.25. The van der Waals surface area contributed by atoms with Crippen LogP contribution in [0.25, 0.3) is 5.69 Å². The first-order valence-corrected chi connectivity index (χ1v) is 9.12. The third-order valence-corrected chi connectivity index (χ3v) is 4.98. The summed E-state index contributed by atoms with van der Waals surface area (Å²) in [6.45, 7) is 3.66. The molecular weight excluding hydrogens is 330 g/mol. The predicted octanol–water partition coefficient (Wildman–Crippen LogP) is 2.19. The topological polar surface area (TPSA) is 72.3 Å². The predicted molar refractivity (Wildman–Crippen MR) is 99.4 cm³/mol. The van der Waals surface area contributed by atoms with Crippen LogP contribution in [0.1, 0.15) is 48.3 Å². The molecule has 1 amide bonds. The van der Waals surface area contributed by atoms with Gasteiger partial charge in [-0.05, 0) is 58.0 Å². The van der Waals surface area contributed by atoms with Crippen LogP contribution in [-0.2, 0) is 4.74 Å². The number of hydrogen-bond acceptors (Lipinski definition) is 5. The molecule has 2 atom stereocenters. The maximum absolute atomic E-state index is 12.4. The highest BCUT2D eigenvalue weighted by Crippen LogP contribution is 2.28. The number of nitrogens with zero attached hydrogens (tertiary/aromatic N) is 4.